The lowest BCUT2D eigenvalue weighted by atomic mass is 9.79. The maximum Gasteiger partial charge on any atom is 0.0908 e. The normalized spacial score (nSPS) is 27.5. The summed E-state index contributed by atoms with van der Waals surface area (Å²) in [5.41, 5.74) is 0.233. The van der Waals surface area contributed by atoms with Crippen LogP contribution in [0.4, 0.5) is 0 Å². The van der Waals surface area contributed by atoms with Crippen LogP contribution < -0.4 is 0 Å². The van der Waals surface area contributed by atoms with Gasteiger partial charge in [-0.05, 0) is 31.3 Å². The van der Waals surface area contributed by atoms with E-state index >= 15 is 0 Å². The highest BCUT2D eigenvalue weighted by Crippen LogP contribution is 2.33. The third-order valence-electron chi connectivity index (χ3n) is 3.64. The zero-order valence-corrected chi connectivity index (χ0v) is 9.28. The van der Waals surface area contributed by atoms with Gasteiger partial charge in [0.05, 0.1) is 25.3 Å². The van der Waals surface area contributed by atoms with Gasteiger partial charge in [0.25, 0.3) is 0 Å². The maximum atomic E-state index is 8.54. The number of allylic oxidation sites excluding steroid dienone is 2. The molecule has 82 valence electrons. The molecule has 0 radical (unpaired) electrons. The van der Waals surface area contributed by atoms with E-state index in [9.17, 15) is 0 Å². The topological polar surface area (TPSA) is 36.3 Å². The van der Waals surface area contributed by atoms with Crippen LogP contribution in [0, 0.1) is 16.7 Å². The Bertz CT molecular complexity index is 280. The summed E-state index contributed by atoms with van der Waals surface area (Å²) >= 11 is 0. The molecule has 3 heteroatoms. The van der Waals surface area contributed by atoms with E-state index in [0.717, 1.165) is 39.1 Å². The van der Waals surface area contributed by atoms with Crippen molar-refractivity contribution < 1.29 is 4.74 Å². The summed E-state index contributed by atoms with van der Waals surface area (Å²) in [7, 11) is 0. The molecule has 3 nitrogen and oxygen atoms in total. The summed E-state index contributed by atoms with van der Waals surface area (Å²) in [6.07, 6.45) is 6.01. The van der Waals surface area contributed by atoms with Gasteiger partial charge in [0.1, 0.15) is 0 Å². The quantitative estimate of drug-likeness (QED) is 0.643. The predicted molar refractivity (Wildman–Crippen MR) is 58.3 cm³/mol. The molecule has 0 aromatic heterocycles. The summed E-state index contributed by atoms with van der Waals surface area (Å²) in [6, 6.07) is 2.74. The number of hydrogen-bond acceptors (Lipinski definition) is 3. The van der Waals surface area contributed by atoms with E-state index in [4.69, 9.17) is 10.00 Å². The van der Waals surface area contributed by atoms with E-state index in [2.05, 4.69) is 24.0 Å². The number of nitrogens with zero attached hydrogens (tertiary/aromatic N) is 2. The summed E-state index contributed by atoms with van der Waals surface area (Å²) in [4.78, 5) is 2.52. The van der Waals surface area contributed by atoms with Gasteiger partial charge in [-0.25, -0.2) is 0 Å². The SMILES string of the molecule is CC1(C=CC#N)CCN(C2COC2)CC1. The Kier molecular flexibility index (Phi) is 3.08. The van der Waals surface area contributed by atoms with Crippen molar-refractivity contribution in [3.8, 4) is 6.07 Å². The van der Waals surface area contributed by atoms with Crippen molar-refractivity contribution in [3.05, 3.63) is 12.2 Å². The number of piperidine rings is 1. The van der Waals surface area contributed by atoms with E-state index in [0.29, 0.717) is 6.04 Å². The van der Waals surface area contributed by atoms with Crippen LogP contribution in [0.1, 0.15) is 19.8 Å². The van der Waals surface area contributed by atoms with E-state index in [1.807, 2.05) is 0 Å². The molecule has 0 amide bonds. The number of rotatable bonds is 2. The summed E-state index contributed by atoms with van der Waals surface area (Å²) < 4.78 is 5.21. The van der Waals surface area contributed by atoms with Crippen molar-refractivity contribution in [3.63, 3.8) is 0 Å². The van der Waals surface area contributed by atoms with Gasteiger partial charge in [0, 0.05) is 6.08 Å². The highest BCUT2D eigenvalue weighted by atomic mass is 16.5. The van der Waals surface area contributed by atoms with Crippen molar-refractivity contribution in [2.24, 2.45) is 5.41 Å². The lowest BCUT2D eigenvalue weighted by Crippen LogP contribution is -2.52. The second kappa shape index (κ2) is 4.34. The molecule has 2 rings (SSSR count). The first-order chi connectivity index (χ1) is 7.23. The highest BCUT2D eigenvalue weighted by Gasteiger charge is 2.33. The Hall–Kier alpha value is -0.850. The van der Waals surface area contributed by atoms with Gasteiger partial charge in [0.15, 0.2) is 0 Å². The molecule has 0 N–H and O–H groups in total. The second-order valence-corrected chi connectivity index (χ2v) is 4.84. The van der Waals surface area contributed by atoms with Crippen LogP contribution in [0.3, 0.4) is 0 Å². The van der Waals surface area contributed by atoms with Crippen LogP contribution in [0.5, 0.6) is 0 Å². The zero-order chi connectivity index (χ0) is 10.7. The number of likely N-dealkylation sites (tertiary alicyclic amines) is 1. The lowest BCUT2D eigenvalue weighted by molar-refractivity contribution is -0.0769. The minimum absolute atomic E-state index is 0.233. The van der Waals surface area contributed by atoms with E-state index in [1.165, 1.54) is 0 Å². The van der Waals surface area contributed by atoms with Crippen molar-refractivity contribution in [2.75, 3.05) is 26.3 Å². The molecular formula is C12H18N2O. The molecule has 2 aliphatic heterocycles. The van der Waals surface area contributed by atoms with Gasteiger partial charge in [-0.15, -0.1) is 0 Å². The van der Waals surface area contributed by atoms with Gasteiger partial charge in [0.2, 0.25) is 0 Å². The van der Waals surface area contributed by atoms with Crippen molar-refractivity contribution in [1.29, 1.82) is 5.26 Å². The smallest absolute Gasteiger partial charge is 0.0908 e. The molecule has 2 fully saturated rings. The van der Waals surface area contributed by atoms with E-state index < -0.39 is 0 Å². The Morgan fingerprint density at radius 2 is 2.07 bits per heavy atom. The monoisotopic (exact) mass is 206 g/mol. The average molecular weight is 206 g/mol. The minimum atomic E-state index is 0.233. The summed E-state index contributed by atoms with van der Waals surface area (Å²) in [5, 5.41) is 8.54. The predicted octanol–water partition coefficient (Wildman–Crippen LogP) is 1.57. The number of ether oxygens (including phenoxy) is 1. The second-order valence-electron chi connectivity index (χ2n) is 4.84. The van der Waals surface area contributed by atoms with Crippen LogP contribution in [-0.4, -0.2) is 37.2 Å². The molecule has 2 aliphatic rings. The summed E-state index contributed by atoms with van der Waals surface area (Å²) in [5.74, 6) is 0. The molecule has 2 saturated heterocycles. The molecule has 0 unspecified atom stereocenters. The van der Waals surface area contributed by atoms with Gasteiger partial charge in [-0.2, -0.15) is 5.26 Å². The summed E-state index contributed by atoms with van der Waals surface area (Å²) in [6.45, 7) is 6.34. The first-order valence-electron chi connectivity index (χ1n) is 5.63. The van der Waals surface area contributed by atoms with Gasteiger partial charge in [-0.1, -0.05) is 13.0 Å². The fraction of sp³-hybridized carbons (Fsp3) is 0.750. The highest BCUT2D eigenvalue weighted by molar-refractivity contribution is 5.09. The van der Waals surface area contributed by atoms with Crippen LogP contribution in [0.15, 0.2) is 12.2 Å². The molecule has 15 heavy (non-hydrogen) atoms. The Labute approximate surface area is 91.3 Å². The van der Waals surface area contributed by atoms with Crippen LogP contribution in [-0.2, 0) is 4.74 Å². The molecule has 2 heterocycles. The third-order valence-corrected chi connectivity index (χ3v) is 3.64. The van der Waals surface area contributed by atoms with E-state index in [-0.39, 0.29) is 5.41 Å². The third kappa shape index (κ3) is 2.39. The largest absolute Gasteiger partial charge is 0.378 e. The molecule has 0 aliphatic carbocycles. The zero-order valence-electron chi connectivity index (χ0n) is 9.28. The van der Waals surface area contributed by atoms with Crippen LogP contribution in [0.2, 0.25) is 0 Å². The Balaban J connectivity index is 1.85. The molecule has 0 spiro atoms. The fourth-order valence-electron chi connectivity index (χ4n) is 2.24. The van der Waals surface area contributed by atoms with Gasteiger partial charge >= 0.3 is 0 Å². The first-order valence-corrected chi connectivity index (χ1v) is 5.63. The van der Waals surface area contributed by atoms with E-state index in [1.54, 1.807) is 6.08 Å². The van der Waals surface area contributed by atoms with Gasteiger partial charge < -0.3 is 4.74 Å². The van der Waals surface area contributed by atoms with Crippen molar-refractivity contribution in [2.45, 2.75) is 25.8 Å². The maximum absolute atomic E-state index is 8.54. The number of hydrogen-bond donors (Lipinski definition) is 0. The van der Waals surface area contributed by atoms with Crippen molar-refractivity contribution in [1.82, 2.24) is 4.90 Å². The first kappa shape index (κ1) is 10.7. The molecular weight excluding hydrogens is 188 g/mol. The lowest BCUT2D eigenvalue weighted by Gasteiger charge is -2.44. The fourth-order valence-corrected chi connectivity index (χ4v) is 2.24. The Morgan fingerprint density at radius 1 is 1.40 bits per heavy atom. The standard InChI is InChI=1S/C12H18N2O/c1-12(3-2-6-13)4-7-14(8-5-12)11-9-15-10-11/h2-3,11H,4-5,7-10H2,1H3. The molecule has 0 saturated carbocycles. The minimum Gasteiger partial charge on any atom is -0.378 e. The van der Waals surface area contributed by atoms with Crippen molar-refractivity contribution >= 4 is 0 Å². The average Bonchev–Trinajstić information content (AvgIpc) is 2.16. The van der Waals surface area contributed by atoms with Crippen LogP contribution >= 0.6 is 0 Å². The molecule has 0 bridgehead atoms. The molecule has 0 atom stereocenters. The van der Waals surface area contributed by atoms with Gasteiger partial charge in [-0.3, -0.25) is 4.90 Å². The Morgan fingerprint density at radius 3 is 2.53 bits per heavy atom. The number of nitriles is 1. The molecule has 0 aromatic rings. The van der Waals surface area contributed by atoms with Crippen LogP contribution in [0.25, 0.3) is 0 Å². The molecule has 0 aromatic carbocycles.